The zero-order chi connectivity index (χ0) is 13.7. The smallest absolute Gasteiger partial charge is 0.226 e. The Bertz CT molecular complexity index is 334. The highest BCUT2D eigenvalue weighted by atomic mass is 16.2. The average Bonchev–Trinajstić information content (AvgIpc) is 3.19. The summed E-state index contributed by atoms with van der Waals surface area (Å²) >= 11 is 0. The molecular formula is C14H25N3O2. The van der Waals surface area contributed by atoms with Crippen LogP contribution in [0, 0.1) is 5.41 Å². The van der Waals surface area contributed by atoms with Gasteiger partial charge in [-0.25, -0.2) is 0 Å². The van der Waals surface area contributed by atoms with Gasteiger partial charge >= 0.3 is 0 Å². The van der Waals surface area contributed by atoms with Gasteiger partial charge in [0, 0.05) is 24.4 Å². The summed E-state index contributed by atoms with van der Waals surface area (Å²) in [5, 5.41) is 9.19. The lowest BCUT2D eigenvalue weighted by Crippen LogP contribution is -2.46. The van der Waals surface area contributed by atoms with Crippen LogP contribution < -0.4 is 16.0 Å². The number of nitrogens with one attached hydrogen (secondary N) is 3. The van der Waals surface area contributed by atoms with Gasteiger partial charge in [-0.1, -0.05) is 6.92 Å². The van der Waals surface area contributed by atoms with E-state index in [0.29, 0.717) is 19.0 Å². The van der Waals surface area contributed by atoms with E-state index in [1.165, 1.54) is 0 Å². The Morgan fingerprint density at radius 1 is 1.26 bits per heavy atom. The van der Waals surface area contributed by atoms with Crippen molar-refractivity contribution < 1.29 is 9.59 Å². The molecule has 0 atom stereocenters. The van der Waals surface area contributed by atoms with E-state index in [0.717, 1.165) is 45.2 Å². The quantitative estimate of drug-likeness (QED) is 0.616. The van der Waals surface area contributed by atoms with Gasteiger partial charge in [0.1, 0.15) is 0 Å². The van der Waals surface area contributed by atoms with Crippen LogP contribution in [0.5, 0.6) is 0 Å². The lowest BCUT2D eigenvalue weighted by atomic mass is 9.80. The van der Waals surface area contributed by atoms with Crippen molar-refractivity contribution in [1.29, 1.82) is 0 Å². The van der Waals surface area contributed by atoms with Crippen LogP contribution in [0.1, 0.15) is 45.4 Å². The van der Waals surface area contributed by atoms with Gasteiger partial charge in [-0.3, -0.25) is 9.59 Å². The van der Waals surface area contributed by atoms with Crippen LogP contribution in [-0.4, -0.2) is 37.5 Å². The molecule has 1 heterocycles. The minimum absolute atomic E-state index is 0.116. The van der Waals surface area contributed by atoms with Gasteiger partial charge in [0.2, 0.25) is 11.8 Å². The number of amides is 2. The second-order valence-corrected chi connectivity index (χ2v) is 6.01. The molecule has 0 unspecified atom stereocenters. The van der Waals surface area contributed by atoms with Crippen LogP contribution in [0.3, 0.4) is 0 Å². The standard InChI is InChI=1S/C14H25N3O2/c1-14(6-9-15-10-7-14)13(19)16-8-2-3-12(18)17-11-4-5-11/h11,15H,2-10H2,1H3,(H,16,19)(H,17,18). The molecular weight excluding hydrogens is 242 g/mol. The second kappa shape index (κ2) is 6.37. The first kappa shape index (κ1) is 14.3. The third kappa shape index (κ3) is 4.49. The Morgan fingerprint density at radius 2 is 1.95 bits per heavy atom. The van der Waals surface area contributed by atoms with E-state index in [1.807, 2.05) is 6.92 Å². The zero-order valence-corrected chi connectivity index (χ0v) is 11.8. The number of rotatable bonds is 6. The molecule has 0 aromatic carbocycles. The Hall–Kier alpha value is -1.10. The minimum atomic E-state index is -0.235. The third-order valence-corrected chi connectivity index (χ3v) is 4.06. The van der Waals surface area contributed by atoms with Crippen molar-refractivity contribution in [2.75, 3.05) is 19.6 Å². The van der Waals surface area contributed by atoms with Crippen molar-refractivity contribution >= 4 is 11.8 Å². The molecule has 2 amide bonds. The molecule has 0 bridgehead atoms. The van der Waals surface area contributed by atoms with E-state index in [1.54, 1.807) is 0 Å². The first-order valence-corrected chi connectivity index (χ1v) is 7.38. The van der Waals surface area contributed by atoms with E-state index in [9.17, 15) is 9.59 Å². The van der Waals surface area contributed by atoms with Crippen molar-refractivity contribution in [3.05, 3.63) is 0 Å². The van der Waals surface area contributed by atoms with Crippen LogP contribution in [-0.2, 0) is 9.59 Å². The molecule has 3 N–H and O–H groups in total. The maximum atomic E-state index is 12.1. The SMILES string of the molecule is CC1(C(=O)NCCCC(=O)NC2CC2)CCNCC1. The Balaban J connectivity index is 1.59. The van der Waals surface area contributed by atoms with Crippen LogP contribution >= 0.6 is 0 Å². The topological polar surface area (TPSA) is 70.2 Å². The molecule has 1 saturated carbocycles. The molecule has 108 valence electrons. The normalized spacial score (nSPS) is 21.7. The molecule has 2 fully saturated rings. The highest BCUT2D eigenvalue weighted by Gasteiger charge is 2.34. The molecule has 5 nitrogen and oxygen atoms in total. The summed E-state index contributed by atoms with van der Waals surface area (Å²) < 4.78 is 0. The summed E-state index contributed by atoms with van der Waals surface area (Å²) in [5.74, 6) is 0.251. The van der Waals surface area contributed by atoms with E-state index in [4.69, 9.17) is 0 Å². The van der Waals surface area contributed by atoms with E-state index in [2.05, 4.69) is 16.0 Å². The summed E-state index contributed by atoms with van der Waals surface area (Å²) in [4.78, 5) is 23.6. The van der Waals surface area contributed by atoms with Gasteiger partial charge in [-0.15, -0.1) is 0 Å². The highest BCUT2D eigenvalue weighted by molar-refractivity contribution is 5.82. The van der Waals surface area contributed by atoms with Crippen molar-refractivity contribution in [1.82, 2.24) is 16.0 Å². The lowest BCUT2D eigenvalue weighted by molar-refractivity contribution is -0.131. The molecule has 1 saturated heterocycles. The highest BCUT2D eigenvalue weighted by Crippen LogP contribution is 2.27. The van der Waals surface area contributed by atoms with Gasteiger partial charge in [0.15, 0.2) is 0 Å². The first-order chi connectivity index (χ1) is 9.10. The summed E-state index contributed by atoms with van der Waals surface area (Å²) in [7, 11) is 0. The Labute approximate surface area is 114 Å². The zero-order valence-electron chi connectivity index (χ0n) is 11.8. The second-order valence-electron chi connectivity index (χ2n) is 6.01. The first-order valence-electron chi connectivity index (χ1n) is 7.38. The Kier molecular flexibility index (Phi) is 4.80. The number of piperidine rings is 1. The lowest BCUT2D eigenvalue weighted by Gasteiger charge is -2.32. The maximum Gasteiger partial charge on any atom is 0.226 e. The van der Waals surface area contributed by atoms with Crippen LogP contribution in [0.15, 0.2) is 0 Å². The number of hydrogen-bond donors (Lipinski definition) is 3. The summed E-state index contributed by atoms with van der Waals surface area (Å²) in [5.41, 5.74) is -0.235. The molecule has 5 heteroatoms. The van der Waals surface area contributed by atoms with Crippen molar-refractivity contribution in [3.8, 4) is 0 Å². The molecule has 0 aromatic rings. The Morgan fingerprint density at radius 3 is 2.58 bits per heavy atom. The molecule has 1 aliphatic heterocycles. The molecule has 2 aliphatic rings. The number of hydrogen-bond acceptors (Lipinski definition) is 3. The van der Waals surface area contributed by atoms with Gasteiger partial charge in [-0.2, -0.15) is 0 Å². The van der Waals surface area contributed by atoms with E-state index in [-0.39, 0.29) is 17.2 Å². The predicted octanol–water partition coefficient (Wildman–Crippen LogP) is 0.551. The third-order valence-electron chi connectivity index (χ3n) is 4.06. The summed E-state index contributed by atoms with van der Waals surface area (Å²) in [6, 6.07) is 0.427. The average molecular weight is 267 g/mol. The maximum absolute atomic E-state index is 12.1. The van der Waals surface area contributed by atoms with Crippen LogP contribution in [0.4, 0.5) is 0 Å². The van der Waals surface area contributed by atoms with Gasteiger partial charge in [0.25, 0.3) is 0 Å². The predicted molar refractivity (Wildman–Crippen MR) is 73.6 cm³/mol. The fourth-order valence-electron chi connectivity index (χ4n) is 2.40. The monoisotopic (exact) mass is 267 g/mol. The molecule has 1 aliphatic carbocycles. The number of carbonyl (C=O) groups excluding carboxylic acids is 2. The molecule has 0 radical (unpaired) electrons. The van der Waals surface area contributed by atoms with E-state index < -0.39 is 0 Å². The van der Waals surface area contributed by atoms with Gasteiger partial charge < -0.3 is 16.0 Å². The van der Waals surface area contributed by atoms with E-state index >= 15 is 0 Å². The van der Waals surface area contributed by atoms with Gasteiger partial charge in [-0.05, 0) is 45.2 Å². The van der Waals surface area contributed by atoms with Gasteiger partial charge in [0.05, 0.1) is 0 Å². The van der Waals surface area contributed by atoms with Crippen molar-refractivity contribution in [3.63, 3.8) is 0 Å². The number of carbonyl (C=O) groups is 2. The van der Waals surface area contributed by atoms with Crippen molar-refractivity contribution in [2.24, 2.45) is 5.41 Å². The summed E-state index contributed by atoms with van der Waals surface area (Å²) in [6.07, 6.45) is 5.25. The fraction of sp³-hybridized carbons (Fsp3) is 0.857. The fourth-order valence-corrected chi connectivity index (χ4v) is 2.40. The molecule has 19 heavy (non-hydrogen) atoms. The molecule has 0 spiro atoms. The molecule has 2 rings (SSSR count). The largest absolute Gasteiger partial charge is 0.356 e. The summed E-state index contributed by atoms with van der Waals surface area (Å²) in [6.45, 7) is 4.45. The van der Waals surface area contributed by atoms with Crippen molar-refractivity contribution in [2.45, 2.75) is 51.5 Å². The molecule has 0 aromatic heterocycles. The van der Waals surface area contributed by atoms with Crippen LogP contribution in [0.25, 0.3) is 0 Å². The van der Waals surface area contributed by atoms with Crippen LogP contribution in [0.2, 0.25) is 0 Å². The minimum Gasteiger partial charge on any atom is -0.356 e.